The van der Waals surface area contributed by atoms with E-state index in [1.165, 1.54) is 22.3 Å². The van der Waals surface area contributed by atoms with Gasteiger partial charge < -0.3 is 4.57 Å². The van der Waals surface area contributed by atoms with Crippen molar-refractivity contribution in [1.82, 2.24) is 14.5 Å². The number of aromatic nitrogens is 3. The summed E-state index contributed by atoms with van der Waals surface area (Å²) < 4.78 is 2.17. The predicted octanol–water partition coefficient (Wildman–Crippen LogP) is 7.00. The molecule has 0 bridgehead atoms. The average Bonchev–Trinajstić information content (AvgIpc) is 3.21. The third-order valence-corrected chi connectivity index (χ3v) is 6.57. The summed E-state index contributed by atoms with van der Waals surface area (Å²) >= 11 is 1.78. The maximum atomic E-state index is 4.71. The van der Waals surface area contributed by atoms with Crippen molar-refractivity contribution in [2.45, 2.75) is 24.6 Å². The van der Waals surface area contributed by atoms with Crippen LogP contribution in [0.5, 0.6) is 0 Å². The number of hydrogen-bond donors (Lipinski definition) is 0. The van der Waals surface area contributed by atoms with Gasteiger partial charge in [0.05, 0.1) is 5.39 Å². The lowest BCUT2D eigenvalue weighted by Gasteiger charge is -2.09. The summed E-state index contributed by atoms with van der Waals surface area (Å²) in [6, 6.07) is 27.5. The molecule has 2 heterocycles. The third-order valence-electron chi connectivity index (χ3n) is 5.54. The molecular formula is C27H23N3S. The number of hydrogen-bond acceptors (Lipinski definition) is 3. The summed E-state index contributed by atoms with van der Waals surface area (Å²) in [5.41, 5.74) is 8.31. The Bertz CT molecular complexity index is 1340. The Morgan fingerprint density at radius 1 is 0.839 bits per heavy atom. The highest BCUT2D eigenvalue weighted by molar-refractivity contribution is 7.98. The van der Waals surface area contributed by atoms with Gasteiger partial charge in [0, 0.05) is 23.2 Å². The highest BCUT2D eigenvalue weighted by Gasteiger charge is 2.17. The fourth-order valence-electron chi connectivity index (χ4n) is 3.87. The van der Waals surface area contributed by atoms with Crippen LogP contribution in [-0.4, -0.2) is 14.5 Å². The van der Waals surface area contributed by atoms with E-state index in [1.54, 1.807) is 18.1 Å². The Labute approximate surface area is 186 Å². The molecule has 0 unspecified atom stereocenters. The Kier molecular flexibility index (Phi) is 5.31. The van der Waals surface area contributed by atoms with Crippen molar-refractivity contribution in [2.24, 2.45) is 0 Å². The van der Waals surface area contributed by atoms with Gasteiger partial charge in [-0.05, 0) is 42.7 Å². The number of fused-ring (bicyclic) bond motifs is 1. The van der Waals surface area contributed by atoms with E-state index in [1.807, 2.05) is 12.1 Å². The molecule has 0 spiro atoms. The van der Waals surface area contributed by atoms with Crippen LogP contribution in [0.25, 0.3) is 27.8 Å². The van der Waals surface area contributed by atoms with Gasteiger partial charge in [-0.1, -0.05) is 72.3 Å². The molecule has 0 atom stereocenters. The van der Waals surface area contributed by atoms with E-state index in [0.717, 1.165) is 33.1 Å². The first kappa shape index (κ1) is 19.6. The summed E-state index contributed by atoms with van der Waals surface area (Å²) in [4.78, 5) is 9.40. The van der Waals surface area contributed by atoms with Gasteiger partial charge in [-0.3, -0.25) is 0 Å². The van der Waals surface area contributed by atoms with Gasteiger partial charge in [-0.15, -0.1) is 11.8 Å². The largest absolute Gasteiger partial charge is 0.301 e. The van der Waals surface area contributed by atoms with Crippen LogP contribution >= 0.6 is 11.8 Å². The lowest BCUT2D eigenvalue weighted by Crippen LogP contribution is -1.95. The molecule has 31 heavy (non-hydrogen) atoms. The Balaban J connectivity index is 1.65. The van der Waals surface area contributed by atoms with Crippen LogP contribution in [0.3, 0.4) is 0 Å². The van der Waals surface area contributed by atoms with Crippen LogP contribution in [0, 0.1) is 13.8 Å². The minimum atomic E-state index is 0.879. The van der Waals surface area contributed by atoms with Crippen molar-refractivity contribution in [3.8, 4) is 16.8 Å². The van der Waals surface area contributed by atoms with Gasteiger partial charge in [0.15, 0.2) is 0 Å². The van der Waals surface area contributed by atoms with Crippen molar-refractivity contribution in [3.63, 3.8) is 0 Å². The molecule has 2 aromatic heterocycles. The third kappa shape index (κ3) is 3.87. The zero-order valence-electron chi connectivity index (χ0n) is 17.6. The molecule has 5 aromatic rings. The monoisotopic (exact) mass is 421 g/mol. The van der Waals surface area contributed by atoms with Gasteiger partial charge in [0.25, 0.3) is 0 Å². The first-order valence-electron chi connectivity index (χ1n) is 10.4. The van der Waals surface area contributed by atoms with E-state index < -0.39 is 0 Å². The second-order valence-corrected chi connectivity index (χ2v) is 8.67. The highest BCUT2D eigenvalue weighted by Crippen LogP contribution is 2.37. The van der Waals surface area contributed by atoms with Gasteiger partial charge >= 0.3 is 0 Å². The molecule has 4 heteroatoms. The molecule has 0 saturated heterocycles. The van der Waals surface area contributed by atoms with Gasteiger partial charge in [-0.2, -0.15) is 0 Å². The molecule has 152 valence electrons. The average molecular weight is 422 g/mol. The molecule has 0 aliphatic rings. The van der Waals surface area contributed by atoms with Crippen molar-refractivity contribution >= 4 is 22.8 Å². The quantitative estimate of drug-likeness (QED) is 0.226. The number of nitrogens with zero attached hydrogens (tertiary/aromatic N) is 3. The minimum absolute atomic E-state index is 0.879. The van der Waals surface area contributed by atoms with E-state index in [4.69, 9.17) is 4.98 Å². The Morgan fingerprint density at radius 3 is 2.35 bits per heavy atom. The van der Waals surface area contributed by atoms with E-state index in [9.17, 15) is 0 Å². The van der Waals surface area contributed by atoms with E-state index in [2.05, 4.69) is 96.3 Å². The van der Waals surface area contributed by atoms with Crippen molar-refractivity contribution in [3.05, 3.63) is 108 Å². The first-order valence-corrected chi connectivity index (χ1v) is 11.3. The van der Waals surface area contributed by atoms with Crippen LogP contribution in [-0.2, 0) is 5.75 Å². The summed E-state index contributed by atoms with van der Waals surface area (Å²) in [7, 11) is 0. The van der Waals surface area contributed by atoms with E-state index in [-0.39, 0.29) is 0 Å². The number of aryl methyl sites for hydroxylation is 2. The molecule has 0 saturated carbocycles. The maximum absolute atomic E-state index is 4.71. The van der Waals surface area contributed by atoms with Crippen molar-refractivity contribution in [2.75, 3.05) is 0 Å². The lowest BCUT2D eigenvalue weighted by molar-refractivity contribution is 1.04. The Morgan fingerprint density at radius 2 is 1.58 bits per heavy atom. The summed E-state index contributed by atoms with van der Waals surface area (Å²) in [6.45, 7) is 4.32. The predicted molar refractivity (Wildman–Crippen MR) is 130 cm³/mol. The van der Waals surface area contributed by atoms with Crippen LogP contribution < -0.4 is 0 Å². The zero-order chi connectivity index (χ0) is 21.2. The molecule has 3 aromatic carbocycles. The smallest absolute Gasteiger partial charge is 0.149 e. The Hall–Kier alpha value is -3.37. The number of benzene rings is 3. The highest BCUT2D eigenvalue weighted by atomic mass is 32.2. The fraction of sp³-hybridized carbons (Fsp3) is 0.111. The van der Waals surface area contributed by atoms with Crippen LogP contribution in [0.1, 0.15) is 16.7 Å². The van der Waals surface area contributed by atoms with E-state index >= 15 is 0 Å². The van der Waals surface area contributed by atoms with Gasteiger partial charge in [0.1, 0.15) is 17.0 Å². The first-order chi connectivity index (χ1) is 15.2. The van der Waals surface area contributed by atoms with Crippen molar-refractivity contribution in [1.29, 1.82) is 0 Å². The maximum Gasteiger partial charge on any atom is 0.149 e. The lowest BCUT2D eigenvalue weighted by atomic mass is 10.1. The summed E-state index contributed by atoms with van der Waals surface area (Å²) in [6.07, 6.45) is 3.87. The molecular weight excluding hydrogens is 398 g/mol. The van der Waals surface area contributed by atoms with Gasteiger partial charge in [-0.25, -0.2) is 9.97 Å². The molecule has 0 N–H and O–H groups in total. The standard InChI is InChI=1S/C27H23N3S/c1-19-13-14-20(2)22(15-19)17-31-27-25-24(21-9-5-3-6-10-21)16-30(26(25)28-18-29-27)23-11-7-4-8-12-23/h3-16,18H,17H2,1-2H3. The second kappa shape index (κ2) is 8.40. The van der Waals surface area contributed by atoms with Gasteiger partial charge in [0.2, 0.25) is 0 Å². The summed E-state index contributed by atoms with van der Waals surface area (Å²) in [5, 5.41) is 2.12. The molecule has 5 rings (SSSR count). The summed E-state index contributed by atoms with van der Waals surface area (Å²) in [5.74, 6) is 0.879. The normalized spacial score (nSPS) is 11.2. The number of rotatable bonds is 5. The minimum Gasteiger partial charge on any atom is -0.301 e. The number of thioether (sulfide) groups is 1. The topological polar surface area (TPSA) is 30.7 Å². The van der Waals surface area contributed by atoms with Crippen molar-refractivity contribution < 1.29 is 0 Å². The molecule has 0 amide bonds. The molecule has 0 aliphatic heterocycles. The van der Waals surface area contributed by atoms with E-state index in [0.29, 0.717) is 0 Å². The number of para-hydroxylation sites is 1. The zero-order valence-corrected chi connectivity index (χ0v) is 18.4. The van der Waals surface area contributed by atoms with Crippen LogP contribution in [0.4, 0.5) is 0 Å². The molecule has 0 radical (unpaired) electrons. The van der Waals surface area contributed by atoms with Crippen LogP contribution in [0.2, 0.25) is 0 Å². The molecule has 0 aliphatic carbocycles. The molecule has 0 fully saturated rings. The molecule has 3 nitrogen and oxygen atoms in total. The second-order valence-electron chi connectivity index (χ2n) is 7.71. The fourth-order valence-corrected chi connectivity index (χ4v) is 4.94. The van der Waals surface area contributed by atoms with Crippen LogP contribution in [0.15, 0.2) is 96.4 Å². The SMILES string of the molecule is Cc1ccc(C)c(CSc2ncnc3c2c(-c2ccccc2)cn3-c2ccccc2)c1.